The summed E-state index contributed by atoms with van der Waals surface area (Å²) in [4.78, 5) is 29.1. The number of aromatic carboxylic acids is 1. The highest BCUT2D eigenvalue weighted by Crippen LogP contribution is 2.10. The second-order valence-electron chi connectivity index (χ2n) is 5.03. The predicted molar refractivity (Wildman–Crippen MR) is 76.9 cm³/mol. The van der Waals surface area contributed by atoms with Crippen LogP contribution in [-0.2, 0) is 0 Å². The minimum atomic E-state index is -1.05. The van der Waals surface area contributed by atoms with Gasteiger partial charge < -0.3 is 10.0 Å². The molecule has 1 aromatic heterocycles. The van der Waals surface area contributed by atoms with Crippen molar-refractivity contribution in [2.75, 3.05) is 6.54 Å². The average Bonchev–Trinajstić information content (AvgIpc) is 2.42. The predicted octanol–water partition coefficient (Wildman–Crippen LogP) is 2.82. The lowest BCUT2D eigenvalue weighted by Crippen LogP contribution is -2.38. The first-order chi connectivity index (χ1) is 9.47. The fraction of sp³-hybridized carbons (Fsp3) is 0.533. The number of carboxylic acid groups (broad SMARTS) is 1. The number of hydrogen-bond donors (Lipinski definition) is 1. The van der Waals surface area contributed by atoms with Crippen molar-refractivity contribution >= 4 is 11.9 Å². The van der Waals surface area contributed by atoms with Gasteiger partial charge in [-0.2, -0.15) is 0 Å². The molecule has 0 saturated carbocycles. The van der Waals surface area contributed by atoms with Crippen molar-refractivity contribution in [3.63, 3.8) is 0 Å². The molecular formula is C15H22N2O3. The Labute approximate surface area is 119 Å². The molecule has 5 nitrogen and oxygen atoms in total. The fourth-order valence-corrected chi connectivity index (χ4v) is 1.95. The molecule has 1 aromatic rings. The Morgan fingerprint density at radius 3 is 2.60 bits per heavy atom. The molecule has 0 aromatic carbocycles. The number of carbonyl (C=O) groups is 2. The maximum atomic E-state index is 12.4. The molecule has 20 heavy (non-hydrogen) atoms. The van der Waals surface area contributed by atoms with Crippen molar-refractivity contribution in [3.05, 3.63) is 29.6 Å². The summed E-state index contributed by atoms with van der Waals surface area (Å²) in [5, 5.41) is 8.96. The van der Waals surface area contributed by atoms with Crippen LogP contribution in [0.2, 0.25) is 0 Å². The highest BCUT2D eigenvalue weighted by Gasteiger charge is 2.20. The van der Waals surface area contributed by atoms with Crippen LogP contribution < -0.4 is 0 Å². The quantitative estimate of drug-likeness (QED) is 0.778. The van der Waals surface area contributed by atoms with E-state index in [0.29, 0.717) is 6.54 Å². The van der Waals surface area contributed by atoms with E-state index in [-0.39, 0.29) is 23.2 Å². The lowest BCUT2D eigenvalue weighted by Gasteiger charge is -2.26. The van der Waals surface area contributed by atoms with Crippen LogP contribution in [-0.4, -0.2) is 39.5 Å². The first kappa shape index (κ1) is 16.1. The van der Waals surface area contributed by atoms with Gasteiger partial charge in [-0.15, -0.1) is 0 Å². The van der Waals surface area contributed by atoms with Gasteiger partial charge in [0, 0.05) is 18.8 Å². The molecule has 0 bridgehead atoms. The molecule has 5 heteroatoms. The third-order valence-electron chi connectivity index (χ3n) is 3.11. The molecule has 1 heterocycles. The van der Waals surface area contributed by atoms with Crippen LogP contribution in [0.1, 0.15) is 60.9 Å². The molecule has 0 radical (unpaired) electrons. The smallest absolute Gasteiger partial charge is 0.335 e. The van der Waals surface area contributed by atoms with Crippen molar-refractivity contribution in [1.29, 1.82) is 0 Å². The zero-order valence-corrected chi connectivity index (χ0v) is 12.3. The number of pyridine rings is 1. The summed E-state index contributed by atoms with van der Waals surface area (Å²) in [6.07, 6.45) is 4.46. The summed E-state index contributed by atoms with van der Waals surface area (Å²) in [5.74, 6) is -1.26. The molecule has 0 unspecified atom stereocenters. The standard InChI is InChI=1S/C15H22N2O3/c1-4-5-6-9-17(11(2)3)14(18)13-10-12(15(19)20)7-8-16-13/h7-8,10-11H,4-6,9H2,1-3H3,(H,19,20). The maximum absolute atomic E-state index is 12.4. The topological polar surface area (TPSA) is 70.5 Å². The number of nitrogens with zero attached hydrogens (tertiary/aromatic N) is 2. The van der Waals surface area contributed by atoms with E-state index in [4.69, 9.17) is 5.11 Å². The van der Waals surface area contributed by atoms with Gasteiger partial charge in [0.25, 0.3) is 5.91 Å². The summed E-state index contributed by atoms with van der Waals surface area (Å²) in [6.45, 7) is 6.68. The number of aromatic nitrogens is 1. The first-order valence-corrected chi connectivity index (χ1v) is 6.97. The van der Waals surface area contributed by atoms with Gasteiger partial charge in [0.15, 0.2) is 0 Å². The van der Waals surface area contributed by atoms with Crippen molar-refractivity contribution < 1.29 is 14.7 Å². The number of unbranched alkanes of at least 4 members (excludes halogenated alkanes) is 2. The summed E-state index contributed by atoms with van der Waals surface area (Å²) in [6, 6.07) is 2.78. The minimum absolute atomic E-state index is 0.0645. The second kappa shape index (κ2) is 7.62. The fourth-order valence-electron chi connectivity index (χ4n) is 1.95. The van der Waals surface area contributed by atoms with E-state index >= 15 is 0 Å². The van der Waals surface area contributed by atoms with Gasteiger partial charge in [0.2, 0.25) is 0 Å². The van der Waals surface area contributed by atoms with Gasteiger partial charge >= 0.3 is 5.97 Å². The Balaban J connectivity index is 2.88. The van der Waals surface area contributed by atoms with E-state index in [1.807, 2.05) is 13.8 Å². The van der Waals surface area contributed by atoms with Crippen LogP contribution in [0.4, 0.5) is 0 Å². The Hall–Kier alpha value is -1.91. The highest BCUT2D eigenvalue weighted by molar-refractivity contribution is 5.95. The molecule has 1 N–H and O–H groups in total. The van der Waals surface area contributed by atoms with Gasteiger partial charge in [0.05, 0.1) is 5.56 Å². The normalized spacial score (nSPS) is 10.6. The molecule has 0 aliphatic heterocycles. The van der Waals surface area contributed by atoms with E-state index < -0.39 is 5.97 Å². The largest absolute Gasteiger partial charge is 0.478 e. The van der Waals surface area contributed by atoms with Crippen molar-refractivity contribution in [3.8, 4) is 0 Å². The Kier molecular flexibility index (Phi) is 6.15. The molecule has 110 valence electrons. The third-order valence-corrected chi connectivity index (χ3v) is 3.11. The van der Waals surface area contributed by atoms with E-state index in [9.17, 15) is 9.59 Å². The van der Waals surface area contributed by atoms with Gasteiger partial charge in [-0.1, -0.05) is 19.8 Å². The number of carbonyl (C=O) groups excluding carboxylic acids is 1. The summed E-state index contributed by atoms with van der Waals surface area (Å²) in [7, 11) is 0. The van der Waals surface area contributed by atoms with Crippen LogP contribution in [0.5, 0.6) is 0 Å². The molecule has 0 fully saturated rings. The minimum Gasteiger partial charge on any atom is -0.478 e. The van der Waals surface area contributed by atoms with E-state index in [1.54, 1.807) is 4.90 Å². The second-order valence-corrected chi connectivity index (χ2v) is 5.03. The van der Waals surface area contributed by atoms with Crippen LogP contribution in [0.15, 0.2) is 18.3 Å². The summed E-state index contributed by atoms with van der Waals surface area (Å²) >= 11 is 0. The molecule has 1 amide bonds. The van der Waals surface area contributed by atoms with E-state index in [1.165, 1.54) is 18.3 Å². The first-order valence-electron chi connectivity index (χ1n) is 6.97. The SMILES string of the molecule is CCCCCN(C(=O)c1cc(C(=O)O)ccn1)C(C)C. The van der Waals surface area contributed by atoms with Crippen LogP contribution in [0, 0.1) is 0 Å². The zero-order chi connectivity index (χ0) is 15.1. The Morgan fingerprint density at radius 1 is 1.35 bits per heavy atom. The summed E-state index contributed by atoms with van der Waals surface area (Å²) in [5.41, 5.74) is 0.274. The van der Waals surface area contributed by atoms with Gasteiger partial charge in [-0.05, 0) is 32.4 Å². The monoisotopic (exact) mass is 278 g/mol. The van der Waals surface area contributed by atoms with Crippen LogP contribution in [0.3, 0.4) is 0 Å². The third kappa shape index (κ3) is 4.33. The van der Waals surface area contributed by atoms with E-state index in [0.717, 1.165) is 19.3 Å². The van der Waals surface area contributed by atoms with Crippen molar-refractivity contribution in [2.45, 2.75) is 46.1 Å². The highest BCUT2D eigenvalue weighted by atomic mass is 16.4. The molecule has 0 saturated heterocycles. The molecule has 0 aliphatic rings. The molecule has 0 spiro atoms. The van der Waals surface area contributed by atoms with Gasteiger partial charge in [0.1, 0.15) is 5.69 Å². The lowest BCUT2D eigenvalue weighted by molar-refractivity contribution is 0.0695. The summed E-state index contributed by atoms with van der Waals surface area (Å²) < 4.78 is 0. The van der Waals surface area contributed by atoms with Gasteiger partial charge in [-0.3, -0.25) is 9.78 Å². The molecule has 0 atom stereocenters. The molecule has 1 rings (SSSR count). The number of rotatable bonds is 7. The van der Waals surface area contributed by atoms with E-state index in [2.05, 4.69) is 11.9 Å². The maximum Gasteiger partial charge on any atom is 0.335 e. The average molecular weight is 278 g/mol. The number of carboxylic acids is 1. The number of hydrogen-bond acceptors (Lipinski definition) is 3. The lowest BCUT2D eigenvalue weighted by atomic mass is 10.1. The zero-order valence-electron chi connectivity index (χ0n) is 12.3. The molecule has 0 aliphatic carbocycles. The van der Waals surface area contributed by atoms with Crippen molar-refractivity contribution in [2.24, 2.45) is 0 Å². The van der Waals surface area contributed by atoms with Gasteiger partial charge in [-0.25, -0.2) is 4.79 Å². The van der Waals surface area contributed by atoms with Crippen LogP contribution in [0.25, 0.3) is 0 Å². The molecular weight excluding hydrogens is 256 g/mol. The number of amides is 1. The van der Waals surface area contributed by atoms with Crippen molar-refractivity contribution in [1.82, 2.24) is 9.88 Å². The Bertz CT molecular complexity index is 472. The Morgan fingerprint density at radius 2 is 2.05 bits per heavy atom. The van der Waals surface area contributed by atoms with Crippen LogP contribution >= 0.6 is 0 Å².